The Balaban J connectivity index is 1.52. The number of aromatic nitrogens is 2. The van der Waals surface area contributed by atoms with Crippen molar-refractivity contribution in [2.75, 3.05) is 13.2 Å². The van der Waals surface area contributed by atoms with Crippen molar-refractivity contribution in [1.29, 1.82) is 0 Å². The van der Waals surface area contributed by atoms with Crippen molar-refractivity contribution in [2.24, 2.45) is 0 Å². The van der Waals surface area contributed by atoms with Crippen molar-refractivity contribution in [3.8, 4) is 5.75 Å². The van der Waals surface area contributed by atoms with Gasteiger partial charge in [0, 0.05) is 5.39 Å². The first-order valence-corrected chi connectivity index (χ1v) is 9.72. The van der Waals surface area contributed by atoms with Gasteiger partial charge in [-0.3, -0.25) is 9.59 Å². The maximum Gasteiger partial charge on any atom is 0.275 e. The quantitative estimate of drug-likeness (QED) is 0.653. The highest BCUT2D eigenvalue weighted by Gasteiger charge is 2.13. The number of amides is 1. The van der Waals surface area contributed by atoms with Crippen LogP contribution in [0.1, 0.15) is 32.0 Å². The van der Waals surface area contributed by atoms with Gasteiger partial charge in [-0.1, -0.05) is 51.1 Å². The topological polar surface area (TPSA) is 73.2 Å². The summed E-state index contributed by atoms with van der Waals surface area (Å²) in [5.74, 6) is 0.483. The standard InChI is InChI=1S/C23H27N3O3/c1-16-19-7-5-6-8-20(19)22(28)26(25-16)15-21(27)24-13-14-29-18-11-9-17(10-12-18)23(2,3)4/h5-12H,13-15H2,1-4H3,(H,24,27). The highest BCUT2D eigenvalue weighted by molar-refractivity contribution is 5.83. The van der Waals surface area contributed by atoms with E-state index < -0.39 is 0 Å². The first-order chi connectivity index (χ1) is 13.8. The maximum absolute atomic E-state index is 12.5. The molecule has 3 rings (SSSR count). The molecule has 0 bridgehead atoms. The Hall–Kier alpha value is -3.15. The summed E-state index contributed by atoms with van der Waals surface area (Å²) in [7, 11) is 0. The molecule has 3 aromatic rings. The van der Waals surface area contributed by atoms with Crippen LogP contribution in [0.5, 0.6) is 5.75 Å². The Kier molecular flexibility index (Phi) is 6.01. The monoisotopic (exact) mass is 393 g/mol. The number of ether oxygens (including phenoxy) is 1. The molecule has 0 atom stereocenters. The molecule has 0 fully saturated rings. The van der Waals surface area contributed by atoms with Crippen LogP contribution in [0, 0.1) is 6.92 Å². The first kappa shape index (κ1) is 20.6. The van der Waals surface area contributed by atoms with E-state index in [0.717, 1.165) is 16.8 Å². The van der Waals surface area contributed by atoms with Gasteiger partial charge in [0.1, 0.15) is 18.9 Å². The summed E-state index contributed by atoms with van der Waals surface area (Å²) in [6, 6.07) is 15.2. The second kappa shape index (κ2) is 8.47. The Labute approximate surface area is 170 Å². The van der Waals surface area contributed by atoms with Gasteiger partial charge in [0.05, 0.1) is 17.6 Å². The second-order valence-corrected chi connectivity index (χ2v) is 8.07. The van der Waals surface area contributed by atoms with Crippen molar-refractivity contribution < 1.29 is 9.53 Å². The van der Waals surface area contributed by atoms with E-state index in [9.17, 15) is 9.59 Å². The second-order valence-electron chi connectivity index (χ2n) is 8.07. The summed E-state index contributed by atoms with van der Waals surface area (Å²) in [4.78, 5) is 24.7. The third-order valence-corrected chi connectivity index (χ3v) is 4.76. The van der Waals surface area contributed by atoms with E-state index in [1.807, 2.05) is 43.3 Å². The fourth-order valence-corrected chi connectivity index (χ4v) is 3.11. The molecule has 0 aliphatic heterocycles. The Bertz CT molecular complexity index is 1060. The Morgan fingerprint density at radius 3 is 2.38 bits per heavy atom. The van der Waals surface area contributed by atoms with Crippen molar-refractivity contribution in [3.63, 3.8) is 0 Å². The number of aryl methyl sites for hydroxylation is 1. The highest BCUT2D eigenvalue weighted by atomic mass is 16.5. The number of carbonyl (C=O) groups is 1. The molecular weight excluding hydrogens is 366 g/mol. The van der Waals surface area contributed by atoms with Gasteiger partial charge in [0.2, 0.25) is 5.91 Å². The summed E-state index contributed by atoms with van der Waals surface area (Å²) in [6.45, 7) is 8.89. The van der Waals surface area contributed by atoms with Gasteiger partial charge in [-0.2, -0.15) is 5.10 Å². The normalized spacial score (nSPS) is 11.4. The van der Waals surface area contributed by atoms with E-state index in [1.165, 1.54) is 10.2 Å². The number of nitrogens with zero attached hydrogens (tertiary/aromatic N) is 2. The smallest absolute Gasteiger partial charge is 0.275 e. The van der Waals surface area contributed by atoms with Gasteiger partial charge < -0.3 is 10.1 Å². The summed E-state index contributed by atoms with van der Waals surface area (Å²) in [5, 5.41) is 8.40. The number of carbonyl (C=O) groups excluding carboxylic acids is 1. The highest BCUT2D eigenvalue weighted by Crippen LogP contribution is 2.24. The third kappa shape index (κ3) is 5.02. The van der Waals surface area contributed by atoms with Crippen LogP contribution in [-0.2, 0) is 16.8 Å². The molecule has 6 heteroatoms. The third-order valence-electron chi connectivity index (χ3n) is 4.76. The van der Waals surface area contributed by atoms with Crippen LogP contribution < -0.4 is 15.6 Å². The minimum absolute atomic E-state index is 0.0970. The molecule has 0 spiro atoms. The molecule has 1 N–H and O–H groups in total. The molecule has 1 heterocycles. The lowest BCUT2D eigenvalue weighted by Gasteiger charge is -2.19. The lowest BCUT2D eigenvalue weighted by atomic mass is 9.87. The molecule has 0 unspecified atom stereocenters. The van der Waals surface area contributed by atoms with Crippen molar-refractivity contribution in [3.05, 3.63) is 70.1 Å². The van der Waals surface area contributed by atoms with Gasteiger partial charge in [0.15, 0.2) is 0 Å². The van der Waals surface area contributed by atoms with Crippen LogP contribution in [0.25, 0.3) is 10.8 Å². The summed E-state index contributed by atoms with van der Waals surface area (Å²) in [5.41, 5.74) is 1.79. The van der Waals surface area contributed by atoms with E-state index in [4.69, 9.17) is 4.74 Å². The molecule has 6 nitrogen and oxygen atoms in total. The zero-order chi connectivity index (χ0) is 21.0. The molecule has 0 aliphatic carbocycles. The van der Waals surface area contributed by atoms with Crippen molar-refractivity contribution in [2.45, 2.75) is 39.7 Å². The molecular formula is C23H27N3O3. The molecule has 1 aromatic heterocycles. The van der Waals surface area contributed by atoms with Crippen molar-refractivity contribution >= 4 is 16.7 Å². The van der Waals surface area contributed by atoms with E-state index >= 15 is 0 Å². The molecule has 0 aliphatic rings. The van der Waals surface area contributed by atoms with Gasteiger partial charge in [-0.05, 0) is 36.1 Å². The van der Waals surface area contributed by atoms with Gasteiger partial charge >= 0.3 is 0 Å². The molecule has 1 amide bonds. The minimum Gasteiger partial charge on any atom is -0.492 e. The average molecular weight is 393 g/mol. The van der Waals surface area contributed by atoms with E-state index in [1.54, 1.807) is 12.1 Å². The zero-order valence-electron chi connectivity index (χ0n) is 17.4. The number of hydrogen-bond donors (Lipinski definition) is 1. The molecule has 2 aromatic carbocycles. The van der Waals surface area contributed by atoms with Crippen LogP contribution in [0.4, 0.5) is 0 Å². The summed E-state index contributed by atoms with van der Waals surface area (Å²) >= 11 is 0. The largest absolute Gasteiger partial charge is 0.492 e. The van der Waals surface area contributed by atoms with E-state index in [-0.39, 0.29) is 23.4 Å². The minimum atomic E-state index is -0.277. The van der Waals surface area contributed by atoms with Gasteiger partial charge in [-0.25, -0.2) is 4.68 Å². The van der Waals surface area contributed by atoms with Crippen molar-refractivity contribution in [1.82, 2.24) is 15.1 Å². The number of hydrogen-bond acceptors (Lipinski definition) is 4. The SMILES string of the molecule is Cc1nn(CC(=O)NCCOc2ccc(C(C)(C)C)cc2)c(=O)c2ccccc12. The lowest BCUT2D eigenvalue weighted by molar-refractivity contribution is -0.122. The molecule has 0 saturated carbocycles. The Morgan fingerprint density at radius 1 is 1.07 bits per heavy atom. The summed E-state index contributed by atoms with van der Waals surface area (Å²) in [6.07, 6.45) is 0. The van der Waals surface area contributed by atoms with Crippen LogP contribution in [0.3, 0.4) is 0 Å². The predicted octanol–water partition coefficient (Wildman–Crippen LogP) is 3.20. The fraction of sp³-hybridized carbons (Fsp3) is 0.348. The number of nitrogens with one attached hydrogen (secondary N) is 1. The molecule has 0 saturated heterocycles. The molecule has 152 valence electrons. The van der Waals surface area contributed by atoms with Gasteiger partial charge in [-0.15, -0.1) is 0 Å². The van der Waals surface area contributed by atoms with Crippen LogP contribution in [0.15, 0.2) is 53.3 Å². The Morgan fingerprint density at radius 2 is 1.72 bits per heavy atom. The van der Waals surface area contributed by atoms with Crippen LogP contribution >= 0.6 is 0 Å². The predicted molar refractivity (Wildman–Crippen MR) is 114 cm³/mol. The fourth-order valence-electron chi connectivity index (χ4n) is 3.11. The number of rotatable bonds is 6. The average Bonchev–Trinajstić information content (AvgIpc) is 2.69. The number of fused-ring (bicyclic) bond motifs is 1. The summed E-state index contributed by atoms with van der Waals surface area (Å²) < 4.78 is 6.88. The number of benzene rings is 2. The van der Waals surface area contributed by atoms with Gasteiger partial charge in [0.25, 0.3) is 5.56 Å². The molecule has 0 radical (unpaired) electrons. The van der Waals surface area contributed by atoms with Crippen LogP contribution in [0.2, 0.25) is 0 Å². The lowest BCUT2D eigenvalue weighted by Crippen LogP contribution is -2.35. The zero-order valence-corrected chi connectivity index (χ0v) is 17.4. The van der Waals surface area contributed by atoms with E-state index in [0.29, 0.717) is 18.5 Å². The van der Waals surface area contributed by atoms with E-state index in [2.05, 4.69) is 31.2 Å². The first-order valence-electron chi connectivity index (χ1n) is 9.72. The van der Waals surface area contributed by atoms with Crippen LogP contribution in [-0.4, -0.2) is 28.8 Å². The molecule has 29 heavy (non-hydrogen) atoms. The maximum atomic E-state index is 12.5.